The summed E-state index contributed by atoms with van der Waals surface area (Å²) in [5.74, 6) is 0. The van der Waals surface area contributed by atoms with Crippen molar-refractivity contribution in [2.75, 3.05) is 0 Å². The normalized spacial score (nSPS) is 11.8. The Morgan fingerprint density at radius 1 is 1.10 bits per heavy atom. The topological polar surface area (TPSA) is 0 Å². The van der Waals surface area contributed by atoms with Gasteiger partial charge < -0.3 is 0 Å². The summed E-state index contributed by atoms with van der Waals surface area (Å²) < 4.78 is 0. The van der Waals surface area contributed by atoms with Gasteiger partial charge in [0.15, 0.2) is 0 Å². The lowest BCUT2D eigenvalue weighted by atomic mass is 10.2. The number of allylic oxidation sites excluding steroid dienone is 4. The van der Waals surface area contributed by atoms with Crippen LogP contribution in [0.15, 0.2) is 24.3 Å². The Kier molecular flexibility index (Phi) is 8.04. The molecule has 0 N–H and O–H groups in total. The van der Waals surface area contributed by atoms with E-state index in [0.29, 0.717) is 0 Å². The summed E-state index contributed by atoms with van der Waals surface area (Å²) in [6.45, 7) is 4.27. The van der Waals surface area contributed by atoms with Crippen LogP contribution in [0.3, 0.4) is 0 Å². The van der Waals surface area contributed by atoms with Gasteiger partial charge in [-0.3, -0.25) is 0 Å². The van der Waals surface area contributed by atoms with Crippen molar-refractivity contribution in [2.45, 2.75) is 39.5 Å². The smallest absolute Gasteiger partial charge is 0.0348 e. The maximum Gasteiger partial charge on any atom is -0.0348 e. The summed E-state index contributed by atoms with van der Waals surface area (Å²) in [4.78, 5) is 0. The van der Waals surface area contributed by atoms with Gasteiger partial charge in [-0.1, -0.05) is 44.1 Å². The third kappa shape index (κ3) is 7.48. The highest BCUT2D eigenvalue weighted by Gasteiger charge is 1.79. The SMILES string of the molecule is C/C=C/C=C\CCCCC. The molecule has 0 aromatic heterocycles. The number of unbranched alkanes of at least 4 members (excludes halogenated alkanes) is 3. The summed E-state index contributed by atoms with van der Waals surface area (Å²) in [7, 11) is 0. The van der Waals surface area contributed by atoms with Crippen molar-refractivity contribution in [1.82, 2.24) is 0 Å². The van der Waals surface area contributed by atoms with Crippen molar-refractivity contribution in [1.29, 1.82) is 0 Å². The minimum absolute atomic E-state index is 1.23. The van der Waals surface area contributed by atoms with E-state index in [2.05, 4.69) is 31.2 Å². The van der Waals surface area contributed by atoms with Gasteiger partial charge in [0.25, 0.3) is 0 Å². The van der Waals surface area contributed by atoms with Crippen molar-refractivity contribution in [2.24, 2.45) is 0 Å². The second-order valence-corrected chi connectivity index (χ2v) is 2.45. The molecule has 0 atom stereocenters. The Morgan fingerprint density at radius 3 is 2.50 bits per heavy atom. The lowest BCUT2D eigenvalue weighted by Crippen LogP contribution is -1.69. The molecule has 0 heteroatoms. The van der Waals surface area contributed by atoms with Gasteiger partial charge in [0.05, 0.1) is 0 Å². The molecule has 0 fully saturated rings. The van der Waals surface area contributed by atoms with Crippen molar-refractivity contribution in [3.8, 4) is 0 Å². The van der Waals surface area contributed by atoms with E-state index in [-0.39, 0.29) is 0 Å². The van der Waals surface area contributed by atoms with Crippen LogP contribution in [0.4, 0.5) is 0 Å². The van der Waals surface area contributed by atoms with Gasteiger partial charge in [-0.05, 0) is 19.8 Å². The Labute approximate surface area is 64.6 Å². The molecule has 0 radical (unpaired) electrons. The third-order valence-corrected chi connectivity index (χ3v) is 1.41. The first-order valence-corrected chi connectivity index (χ1v) is 4.19. The standard InChI is InChI=1S/C10H18/c1-3-5-7-9-10-8-6-4-2/h3,5,7,9H,4,6,8,10H2,1-2H3/b5-3+,9-7-. The average molecular weight is 138 g/mol. The molecule has 0 rings (SSSR count). The fourth-order valence-electron chi connectivity index (χ4n) is 0.798. The van der Waals surface area contributed by atoms with Crippen molar-refractivity contribution in [3.63, 3.8) is 0 Å². The highest BCUT2D eigenvalue weighted by atomic mass is 13.9. The van der Waals surface area contributed by atoms with Gasteiger partial charge in [-0.15, -0.1) is 0 Å². The Hall–Kier alpha value is -0.520. The summed E-state index contributed by atoms with van der Waals surface area (Å²) in [6.07, 6.45) is 13.7. The molecule has 0 heterocycles. The molecule has 0 aliphatic heterocycles. The Morgan fingerprint density at radius 2 is 1.90 bits per heavy atom. The molecule has 0 unspecified atom stereocenters. The minimum atomic E-state index is 1.23. The average Bonchev–Trinajstić information content (AvgIpc) is 1.97. The van der Waals surface area contributed by atoms with Crippen LogP contribution in [-0.2, 0) is 0 Å². The van der Waals surface area contributed by atoms with E-state index in [0.717, 1.165) is 0 Å². The fourth-order valence-corrected chi connectivity index (χ4v) is 0.798. The van der Waals surface area contributed by atoms with Crippen LogP contribution in [0.5, 0.6) is 0 Å². The lowest BCUT2D eigenvalue weighted by molar-refractivity contribution is 0.729. The molecule has 0 amide bonds. The largest absolute Gasteiger partial charge is 0.0877 e. The lowest BCUT2D eigenvalue weighted by Gasteiger charge is -1.89. The van der Waals surface area contributed by atoms with Crippen molar-refractivity contribution in [3.05, 3.63) is 24.3 Å². The summed E-state index contributed by atoms with van der Waals surface area (Å²) in [6, 6.07) is 0. The zero-order chi connectivity index (χ0) is 7.66. The Balaban J connectivity index is 3.02. The predicted molar refractivity (Wildman–Crippen MR) is 48.1 cm³/mol. The molecular weight excluding hydrogens is 120 g/mol. The molecule has 10 heavy (non-hydrogen) atoms. The molecule has 0 aromatic carbocycles. The number of hydrogen-bond acceptors (Lipinski definition) is 0. The molecule has 58 valence electrons. The molecule has 0 aliphatic rings. The quantitative estimate of drug-likeness (QED) is 0.401. The van der Waals surface area contributed by atoms with E-state index in [1.54, 1.807) is 0 Å². The van der Waals surface area contributed by atoms with Gasteiger partial charge in [-0.2, -0.15) is 0 Å². The van der Waals surface area contributed by atoms with Crippen molar-refractivity contribution < 1.29 is 0 Å². The van der Waals surface area contributed by atoms with Crippen LogP contribution >= 0.6 is 0 Å². The van der Waals surface area contributed by atoms with Gasteiger partial charge in [0, 0.05) is 0 Å². The van der Waals surface area contributed by atoms with Crippen LogP contribution in [0, 0.1) is 0 Å². The summed E-state index contributed by atoms with van der Waals surface area (Å²) in [5, 5.41) is 0. The molecule has 0 nitrogen and oxygen atoms in total. The molecule has 0 saturated heterocycles. The number of hydrogen-bond donors (Lipinski definition) is 0. The molecule has 0 aliphatic carbocycles. The van der Waals surface area contributed by atoms with Gasteiger partial charge >= 0.3 is 0 Å². The molecule has 0 saturated carbocycles. The van der Waals surface area contributed by atoms with E-state index in [9.17, 15) is 0 Å². The molecule has 0 spiro atoms. The van der Waals surface area contributed by atoms with Crippen LogP contribution in [0.1, 0.15) is 39.5 Å². The maximum absolute atomic E-state index is 2.23. The highest BCUT2D eigenvalue weighted by Crippen LogP contribution is 1.99. The van der Waals surface area contributed by atoms with E-state index in [1.165, 1.54) is 25.7 Å². The maximum atomic E-state index is 2.23. The highest BCUT2D eigenvalue weighted by molar-refractivity contribution is 5.00. The monoisotopic (exact) mass is 138 g/mol. The zero-order valence-corrected chi connectivity index (χ0v) is 7.14. The van der Waals surface area contributed by atoms with Crippen molar-refractivity contribution >= 4 is 0 Å². The second-order valence-electron chi connectivity index (χ2n) is 2.45. The molecule has 0 bridgehead atoms. The first-order chi connectivity index (χ1) is 4.91. The first-order valence-electron chi connectivity index (χ1n) is 4.19. The van der Waals surface area contributed by atoms with Gasteiger partial charge in [0.1, 0.15) is 0 Å². The summed E-state index contributed by atoms with van der Waals surface area (Å²) in [5.41, 5.74) is 0. The van der Waals surface area contributed by atoms with Gasteiger partial charge in [0.2, 0.25) is 0 Å². The van der Waals surface area contributed by atoms with Crippen LogP contribution in [0.25, 0.3) is 0 Å². The van der Waals surface area contributed by atoms with Crippen LogP contribution in [-0.4, -0.2) is 0 Å². The van der Waals surface area contributed by atoms with E-state index in [4.69, 9.17) is 0 Å². The number of rotatable bonds is 5. The van der Waals surface area contributed by atoms with E-state index in [1.807, 2.05) is 6.92 Å². The van der Waals surface area contributed by atoms with E-state index >= 15 is 0 Å². The fraction of sp³-hybridized carbons (Fsp3) is 0.600. The predicted octanol–water partition coefficient (Wildman–Crippen LogP) is 3.70. The molecular formula is C10H18. The summed E-state index contributed by atoms with van der Waals surface area (Å²) >= 11 is 0. The first kappa shape index (κ1) is 9.48. The van der Waals surface area contributed by atoms with Gasteiger partial charge in [-0.25, -0.2) is 0 Å². The third-order valence-electron chi connectivity index (χ3n) is 1.41. The van der Waals surface area contributed by atoms with Crippen LogP contribution < -0.4 is 0 Å². The van der Waals surface area contributed by atoms with Crippen LogP contribution in [0.2, 0.25) is 0 Å². The van der Waals surface area contributed by atoms with E-state index < -0.39 is 0 Å². The minimum Gasteiger partial charge on any atom is -0.0877 e. The zero-order valence-electron chi connectivity index (χ0n) is 7.14. The second kappa shape index (κ2) is 8.48. The Bertz CT molecular complexity index is 98.6. The molecule has 0 aromatic rings.